The molecule has 0 heterocycles. The number of hydrogen-bond acceptors (Lipinski definition) is 1. The molecule has 1 nitrogen and oxygen atoms in total. The van der Waals surface area contributed by atoms with E-state index in [1.165, 1.54) is 0 Å². The number of allylic oxidation sites excluding steroid dienone is 1. The Morgan fingerprint density at radius 1 is 1.40 bits per heavy atom. The van der Waals surface area contributed by atoms with Crippen LogP contribution in [0.5, 0.6) is 0 Å². The van der Waals surface area contributed by atoms with Gasteiger partial charge in [0.25, 0.3) is 0 Å². The first-order valence-electron chi connectivity index (χ1n) is 3.44. The van der Waals surface area contributed by atoms with Crippen molar-refractivity contribution in [2.24, 2.45) is 0 Å². The molecule has 0 saturated carbocycles. The van der Waals surface area contributed by atoms with Gasteiger partial charge in [-0.25, -0.2) is 0 Å². The minimum Gasteiger partial charge on any atom is -0.289 e. The predicted molar refractivity (Wildman–Crippen MR) is 42.5 cm³/mol. The van der Waals surface area contributed by atoms with Gasteiger partial charge >= 0.3 is 0 Å². The van der Waals surface area contributed by atoms with E-state index < -0.39 is 0 Å². The lowest BCUT2D eigenvalue weighted by Gasteiger charge is -1.88. The Bertz CT molecular complexity index is 148. The lowest BCUT2D eigenvalue weighted by Crippen LogP contribution is -1.72. The minimum atomic E-state index is 0.632. The lowest BCUT2D eigenvalue weighted by atomic mass is 10.2. The summed E-state index contributed by atoms with van der Waals surface area (Å²) >= 11 is 0. The second-order valence-electron chi connectivity index (χ2n) is 1.97. The van der Waals surface area contributed by atoms with E-state index in [9.17, 15) is 4.79 Å². The van der Waals surface area contributed by atoms with Gasteiger partial charge in [0, 0.05) is 6.42 Å². The first-order chi connectivity index (χ1) is 4.91. The van der Waals surface area contributed by atoms with Crippen molar-refractivity contribution >= 4 is 6.29 Å². The molecule has 0 aromatic heterocycles. The van der Waals surface area contributed by atoms with Crippen molar-refractivity contribution in [3.63, 3.8) is 0 Å². The molecular formula is C9H12O. The summed E-state index contributed by atoms with van der Waals surface area (Å²) in [5.74, 6) is 5.11. The first-order valence-corrected chi connectivity index (χ1v) is 3.44. The molecule has 0 atom stereocenters. The van der Waals surface area contributed by atoms with Crippen molar-refractivity contribution in [1.29, 1.82) is 0 Å². The van der Waals surface area contributed by atoms with E-state index in [2.05, 4.69) is 18.4 Å². The van der Waals surface area contributed by atoms with Crippen molar-refractivity contribution in [3.8, 4) is 11.8 Å². The summed E-state index contributed by atoms with van der Waals surface area (Å²) in [6.07, 6.45) is 6.58. The molecule has 0 rings (SSSR count). The number of carbonyl (C=O) groups is 1. The molecule has 0 aliphatic carbocycles. The maximum absolute atomic E-state index is 9.70. The average Bonchev–Trinajstić information content (AvgIpc) is 1.97. The molecule has 0 amide bonds. The molecule has 0 aliphatic heterocycles. The zero-order valence-corrected chi connectivity index (χ0v) is 6.10. The van der Waals surface area contributed by atoms with Gasteiger partial charge in [-0.3, -0.25) is 4.79 Å². The average molecular weight is 136 g/mol. The first kappa shape index (κ1) is 8.97. The van der Waals surface area contributed by atoms with Crippen molar-refractivity contribution in [1.82, 2.24) is 0 Å². The molecule has 0 N–H and O–H groups in total. The highest BCUT2D eigenvalue weighted by atomic mass is 16.1. The summed E-state index contributed by atoms with van der Waals surface area (Å²) in [6, 6.07) is 0. The SMILES string of the molecule is C=CCCCCC#CC=O. The molecule has 0 aliphatic rings. The van der Waals surface area contributed by atoms with Gasteiger partial charge in [-0.1, -0.05) is 12.0 Å². The van der Waals surface area contributed by atoms with Crippen molar-refractivity contribution in [2.45, 2.75) is 25.7 Å². The highest BCUT2D eigenvalue weighted by Crippen LogP contribution is 1.97. The molecular weight excluding hydrogens is 124 g/mol. The standard InChI is InChI=1S/C9H12O/c1-2-3-4-5-6-7-8-9-10/h2,9H,1,3-6H2. The third-order valence-electron chi connectivity index (χ3n) is 1.12. The van der Waals surface area contributed by atoms with E-state index in [0.29, 0.717) is 6.29 Å². The molecule has 0 aromatic carbocycles. The molecule has 0 fully saturated rings. The normalized spacial score (nSPS) is 7.60. The molecule has 0 spiro atoms. The number of carbonyl (C=O) groups excluding carboxylic acids is 1. The third-order valence-corrected chi connectivity index (χ3v) is 1.12. The molecule has 0 bridgehead atoms. The zero-order chi connectivity index (χ0) is 7.66. The second-order valence-corrected chi connectivity index (χ2v) is 1.97. The Balaban J connectivity index is 3.04. The van der Waals surface area contributed by atoms with Gasteiger partial charge in [0.1, 0.15) is 0 Å². The number of aldehydes is 1. The Labute approximate surface area is 62.1 Å². The molecule has 54 valence electrons. The van der Waals surface area contributed by atoms with Crippen LogP contribution in [0.15, 0.2) is 12.7 Å². The van der Waals surface area contributed by atoms with E-state index in [0.717, 1.165) is 25.7 Å². The molecule has 0 aromatic rings. The number of rotatable bonds is 4. The van der Waals surface area contributed by atoms with Crippen LogP contribution in [-0.2, 0) is 4.79 Å². The van der Waals surface area contributed by atoms with Gasteiger partial charge in [-0.15, -0.1) is 6.58 Å². The van der Waals surface area contributed by atoms with E-state index in [-0.39, 0.29) is 0 Å². The third kappa shape index (κ3) is 6.97. The van der Waals surface area contributed by atoms with Crippen LogP contribution in [0.4, 0.5) is 0 Å². The Morgan fingerprint density at radius 2 is 2.20 bits per heavy atom. The Kier molecular flexibility index (Phi) is 7.15. The van der Waals surface area contributed by atoms with Crippen molar-refractivity contribution < 1.29 is 4.79 Å². The van der Waals surface area contributed by atoms with Crippen LogP contribution in [0.25, 0.3) is 0 Å². The second kappa shape index (κ2) is 7.97. The lowest BCUT2D eigenvalue weighted by molar-refractivity contribution is -0.103. The Hall–Kier alpha value is -1.03. The number of unbranched alkanes of at least 4 members (excludes halogenated alkanes) is 3. The van der Waals surface area contributed by atoms with Gasteiger partial charge < -0.3 is 0 Å². The van der Waals surface area contributed by atoms with Gasteiger partial charge in [-0.2, -0.15) is 0 Å². The van der Waals surface area contributed by atoms with Crippen LogP contribution in [0.3, 0.4) is 0 Å². The topological polar surface area (TPSA) is 17.1 Å². The van der Waals surface area contributed by atoms with Gasteiger partial charge in [-0.05, 0) is 25.2 Å². The quantitative estimate of drug-likeness (QED) is 0.250. The maximum atomic E-state index is 9.70. The van der Waals surface area contributed by atoms with E-state index in [4.69, 9.17) is 0 Å². The Morgan fingerprint density at radius 3 is 2.80 bits per heavy atom. The number of hydrogen-bond donors (Lipinski definition) is 0. The fraction of sp³-hybridized carbons (Fsp3) is 0.444. The van der Waals surface area contributed by atoms with E-state index in [1.54, 1.807) is 0 Å². The van der Waals surface area contributed by atoms with Crippen LogP contribution in [-0.4, -0.2) is 6.29 Å². The van der Waals surface area contributed by atoms with Crippen LogP contribution >= 0.6 is 0 Å². The highest BCUT2D eigenvalue weighted by molar-refractivity contribution is 5.72. The van der Waals surface area contributed by atoms with E-state index >= 15 is 0 Å². The summed E-state index contributed by atoms with van der Waals surface area (Å²) in [4.78, 5) is 9.70. The monoisotopic (exact) mass is 136 g/mol. The fourth-order valence-corrected chi connectivity index (χ4v) is 0.616. The van der Waals surface area contributed by atoms with Crippen LogP contribution in [0, 0.1) is 11.8 Å². The van der Waals surface area contributed by atoms with Crippen molar-refractivity contribution in [2.75, 3.05) is 0 Å². The smallest absolute Gasteiger partial charge is 0.192 e. The molecule has 0 unspecified atom stereocenters. The minimum absolute atomic E-state index is 0.632. The van der Waals surface area contributed by atoms with E-state index in [1.807, 2.05) is 6.08 Å². The summed E-state index contributed by atoms with van der Waals surface area (Å²) < 4.78 is 0. The highest BCUT2D eigenvalue weighted by Gasteiger charge is 1.80. The molecule has 0 radical (unpaired) electrons. The summed E-state index contributed by atoms with van der Waals surface area (Å²) in [7, 11) is 0. The predicted octanol–water partition coefficient (Wildman–Crippen LogP) is 1.94. The maximum Gasteiger partial charge on any atom is 0.192 e. The molecule has 1 heteroatoms. The molecule has 0 saturated heterocycles. The fourth-order valence-electron chi connectivity index (χ4n) is 0.616. The van der Waals surface area contributed by atoms with Crippen LogP contribution in [0.1, 0.15) is 25.7 Å². The molecule has 10 heavy (non-hydrogen) atoms. The van der Waals surface area contributed by atoms with Crippen molar-refractivity contribution in [3.05, 3.63) is 12.7 Å². The van der Waals surface area contributed by atoms with Gasteiger partial charge in [0.2, 0.25) is 0 Å². The largest absolute Gasteiger partial charge is 0.289 e. The van der Waals surface area contributed by atoms with Gasteiger partial charge in [0.05, 0.1) is 0 Å². The zero-order valence-electron chi connectivity index (χ0n) is 6.10. The van der Waals surface area contributed by atoms with Gasteiger partial charge in [0.15, 0.2) is 6.29 Å². The van der Waals surface area contributed by atoms with Crippen LogP contribution < -0.4 is 0 Å². The summed E-state index contributed by atoms with van der Waals surface area (Å²) in [5.41, 5.74) is 0. The summed E-state index contributed by atoms with van der Waals surface area (Å²) in [6.45, 7) is 3.60. The van der Waals surface area contributed by atoms with Crippen LogP contribution in [0.2, 0.25) is 0 Å². The summed E-state index contributed by atoms with van der Waals surface area (Å²) in [5, 5.41) is 0.